The van der Waals surface area contributed by atoms with Gasteiger partial charge in [0, 0.05) is 63.8 Å². The Morgan fingerprint density at radius 2 is 0.398 bits per heavy atom. The van der Waals surface area contributed by atoms with E-state index in [1.54, 1.807) is 166 Å². The Morgan fingerprint density at radius 1 is 0.227 bits per heavy atom. The van der Waals surface area contributed by atoms with Crippen LogP contribution in [-0.4, -0.2) is 249 Å². The Balaban J connectivity index is 7.61. The van der Waals surface area contributed by atoms with Crippen molar-refractivity contribution in [3.8, 4) is 0 Å². The van der Waals surface area contributed by atoms with Crippen LogP contribution in [0.4, 0.5) is 38.4 Å². The predicted octanol–water partition coefficient (Wildman–Crippen LogP) is 10.1. The van der Waals surface area contributed by atoms with E-state index < -0.39 is 177 Å². The zero-order chi connectivity index (χ0) is 97.7. The lowest BCUT2D eigenvalue weighted by Gasteiger charge is -2.27. The Bertz CT molecular complexity index is 3490. The van der Waals surface area contributed by atoms with Crippen LogP contribution in [0.1, 0.15) is 301 Å². The zero-order valence-corrected chi connectivity index (χ0v) is 80.8. The van der Waals surface area contributed by atoms with Gasteiger partial charge in [-0.2, -0.15) is 0 Å². The maximum Gasteiger partial charge on any atom is 0.408 e. The lowest BCUT2D eigenvalue weighted by molar-refractivity contribution is -0.133. The number of nitrogens with one attached hydrogen (secondary N) is 15. The molecule has 0 saturated heterocycles. The van der Waals surface area contributed by atoms with Crippen molar-refractivity contribution in [2.45, 2.75) is 388 Å². The highest BCUT2D eigenvalue weighted by molar-refractivity contribution is 5.94. The van der Waals surface area contributed by atoms with Crippen molar-refractivity contribution < 1.29 is 115 Å². The first-order valence-corrected chi connectivity index (χ1v) is 44.6. The molecule has 128 heavy (non-hydrogen) atoms. The molecule has 0 aliphatic carbocycles. The molecule has 0 unspecified atom stereocenters. The molecule has 0 spiro atoms. The molecular formula is C86H158N18O24. The Labute approximate surface area is 757 Å². The van der Waals surface area contributed by atoms with Gasteiger partial charge in [-0.05, 0) is 307 Å². The van der Waals surface area contributed by atoms with E-state index >= 15 is 4.79 Å². The molecule has 42 nitrogen and oxygen atoms in total. The molecule has 0 aromatic carbocycles. The van der Waals surface area contributed by atoms with Crippen LogP contribution in [0, 0.1) is 0 Å². The number of azide groups is 1. The summed E-state index contributed by atoms with van der Waals surface area (Å²) in [7, 11) is 0. The van der Waals surface area contributed by atoms with Crippen LogP contribution in [0.2, 0.25) is 0 Å². The highest BCUT2D eigenvalue weighted by Gasteiger charge is 2.35. The van der Waals surface area contributed by atoms with Crippen LogP contribution in [-0.2, 0) is 76.2 Å². The third-order valence-corrected chi connectivity index (χ3v) is 16.9. The highest BCUT2D eigenvalue weighted by atomic mass is 16.6. The summed E-state index contributed by atoms with van der Waals surface area (Å²) in [4.78, 5) is 206. The van der Waals surface area contributed by atoms with E-state index in [-0.39, 0.29) is 168 Å². The number of rotatable bonds is 55. The lowest BCUT2D eigenvalue weighted by Crippen LogP contribution is -2.57. The Morgan fingerprint density at radius 3 is 0.602 bits per heavy atom. The van der Waals surface area contributed by atoms with Gasteiger partial charge in [0.1, 0.15) is 87.1 Å². The van der Waals surface area contributed by atoms with Crippen molar-refractivity contribution >= 4 is 90.1 Å². The van der Waals surface area contributed by atoms with Crippen LogP contribution >= 0.6 is 0 Å². The van der Waals surface area contributed by atoms with E-state index in [0.29, 0.717) is 38.5 Å². The number of hydrogen-bond acceptors (Lipinski definition) is 25. The largest absolute Gasteiger partial charge is 0.444 e. The summed E-state index contributed by atoms with van der Waals surface area (Å²) in [5, 5.41) is 44.3. The number of unbranched alkanes of at least 4 members (excludes halogenated alkanes) is 7. The average molecular weight is 1830 g/mol. The number of carbonyl (C=O) groups excluding carboxylic acids is 15. The standard InChI is InChI=1S/C86H158N18O24/c1-79(2,3)121-71(112)92-49-35-28-41-59(100-75(116)125-83(13,14)15)66(107)89-47-33-25-39-57(98-69(110)62(102-77(118)127-85(19,20)21)44-30-37-51-94-73(114)123-81(7,8)9)64(105)88-46-32-26-40-58(65(106)91-53-55-120-56-54-96-104-87)97-68(109)61(99-70(111)63(103-78(119)128-86(22,23)24)45-31-38-52-95-74(115)124-82(10,11)12)43-27-34-48-90-67(108)60(101-76(117)126-84(16,17)18)42-29-36-50-93-72(113)122-80(4,5)6/h57-63H,25-56H2,1-24H3,(H,88,105)(H,89,107)(H,90,108)(H,91,106)(H,92,112)(H,93,113)(H,94,114)(H,95,115)(H,97,109)(H,98,110)(H,99,111)(H,100,116)(H,101,117)(H,102,118)(H,103,119)/t57-,58-,59-,60-,61-,62-,63-/m0/s1. The fourth-order valence-electron chi connectivity index (χ4n) is 11.5. The van der Waals surface area contributed by atoms with E-state index in [1.165, 1.54) is 0 Å². The van der Waals surface area contributed by atoms with Gasteiger partial charge in [-0.3, -0.25) is 33.6 Å². The second-order valence-electron chi connectivity index (χ2n) is 38.9. The molecule has 0 aliphatic heterocycles. The highest BCUT2D eigenvalue weighted by Crippen LogP contribution is 2.18. The van der Waals surface area contributed by atoms with Crippen LogP contribution in [0.25, 0.3) is 10.4 Å². The fraction of sp³-hybridized carbons (Fsp3) is 0.826. The predicted molar refractivity (Wildman–Crippen MR) is 479 cm³/mol. The van der Waals surface area contributed by atoms with Gasteiger partial charge < -0.3 is 122 Å². The molecule has 7 atom stereocenters. The van der Waals surface area contributed by atoms with Gasteiger partial charge in [0.25, 0.3) is 0 Å². The number of amides is 15. The number of nitrogens with zero attached hydrogens (tertiary/aromatic N) is 3. The van der Waals surface area contributed by atoms with Gasteiger partial charge in [-0.1, -0.05) is 5.11 Å². The Kier molecular flexibility index (Phi) is 55.0. The summed E-state index contributed by atoms with van der Waals surface area (Å²) in [5.74, 6) is -4.91. The molecule has 0 heterocycles. The number of ether oxygens (including phenoxy) is 9. The summed E-state index contributed by atoms with van der Waals surface area (Å²) in [6.45, 7) is 41.0. The van der Waals surface area contributed by atoms with Crippen LogP contribution < -0.4 is 79.8 Å². The molecule has 15 N–H and O–H groups in total. The van der Waals surface area contributed by atoms with Crippen LogP contribution in [0.5, 0.6) is 0 Å². The van der Waals surface area contributed by atoms with Crippen molar-refractivity contribution in [3.63, 3.8) is 0 Å². The minimum atomic E-state index is -1.44. The minimum absolute atomic E-state index is 0.000495. The molecule has 42 heteroatoms. The number of alkyl carbamates (subject to hydrolysis) is 8. The van der Waals surface area contributed by atoms with Gasteiger partial charge in [0.15, 0.2) is 0 Å². The fourth-order valence-corrected chi connectivity index (χ4v) is 11.5. The molecule has 0 aromatic heterocycles. The van der Waals surface area contributed by atoms with E-state index in [9.17, 15) is 67.1 Å². The van der Waals surface area contributed by atoms with E-state index in [1.807, 2.05) is 0 Å². The smallest absolute Gasteiger partial charge is 0.408 e. The minimum Gasteiger partial charge on any atom is -0.444 e. The van der Waals surface area contributed by atoms with Gasteiger partial charge in [-0.25, -0.2) is 38.4 Å². The molecule has 0 fully saturated rings. The van der Waals surface area contributed by atoms with E-state index in [2.05, 4.69) is 89.8 Å². The van der Waals surface area contributed by atoms with Crippen molar-refractivity contribution in [3.05, 3.63) is 10.4 Å². The summed E-state index contributed by atoms with van der Waals surface area (Å²) in [5.41, 5.74) is 1.99. The summed E-state index contributed by atoms with van der Waals surface area (Å²) in [6, 6.07) is -8.82. The molecule has 0 aliphatic rings. The van der Waals surface area contributed by atoms with Gasteiger partial charge in [0.05, 0.1) is 13.2 Å². The zero-order valence-electron chi connectivity index (χ0n) is 80.8. The van der Waals surface area contributed by atoms with Crippen LogP contribution in [0.15, 0.2) is 5.11 Å². The monoisotopic (exact) mass is 1830 g/mol. The van der Waals surface area contributed by atoms with Crippen molar-refractivity contribution in [1.82, 2.24) is 79.8 Å². The van der Waals surface area contributed by atoms with E-state index in [0.717, 1.165) is 0 Å². The normalized spacial score (nSPS) is 13.5. The maximum atomic E-state index is 15.0. The average Bonchev–Trinajstić information content (AvgIpc) is 0.889. The Hall–Kier alpha value is -10.3. The summed E-state index contributed by atoms with van der Waals surface area (Å²) >= 11 is 0. The first-order valence-electron chi connectivity index (χ1n) is 44.6. The topological polar surface area (TPSA) is 568 Å². The van der Waals surface area contributed by atoms with Crippen molar-refractivity contribution in [2.75, 3.05) is 72.1 Å². The molecule has 0 rings (SSSR count). The third kappa shape index (κ3) is 67.0. The molecular weight excluding hydrogens is 1670 g/mol. The quantitative estimate of drug-likeness (QED) is 0.00884. The second kappa shape index (κ2) is 59.8. The van der Waals surface area contributed by atoms with Gasteiger partial charge >= 0.3 is 48.7 Å². The lowest BCUT2D eigenvalue weighted by atomic mass is 10.0. The first-order chi connectivity index (χ1) is 59.1. The molecule has 0 bridgehead atoms. The third-order valence-electron chi connectivity index (χ3n) is 16.9. The first kappa shape index (κ1) is 118. The van der Waals surface area contributed by atoms with Crippen molar-refractivity contribution in [2.24, 2.45) is 5.11 Å². The summed E-state index contributed by atoms with van der Waals surface area (Å²) in [6.07, 6.45) is -2.23. The number of carbonyl (C=O) groups is 15. The van der Waals surface area contributed by atoms with Gasteiger partial charge in [-0.15, -0.1) is 0 Å². The number of hydrogen-bond donors (Lipinski definition) is 15. The maximum absolute atomic E-state index is 15.0. The van der Waals surface area contributed by atoms with E-state index in [4.69, 9.17) is 48.2 Å². The molecule has 0 saturated carbocycles. The molecule has 0 radical (unpaired) electrons. The molecule has 0 aromatic rings. The van der Waals surface area contributed by atoms with Crippen LogP contribution in [0.3, 0.4) is 0 Å². The SMILES string of the molecule is CC(C)(C)OC(=O)NCCCC[C@H](NC(=O)OC(C)(C)C)C(=O)NCCCC[C@H](NC(=O)[C@H](CCCCNC(=O)OC(C)(C)C)NC(=O)OC(C)(C)C)C(=O)NCCCC[C@H](NC(=O)[C@H](CCCCNC(=O)[C@H](CCCCNC(=O)OC(C)(C)C)NC(=O)OC(C)(C)C)NC(=O)[C@H](CCCCNC(=O)OC(C)(C)C)NC(=O)OC(C)(C)C)C(=O)NCCOCCN=[N+]=[N-]. The van der Waals surface area contributed by atoms with Crippen molar-refractivity contribution in [1.29, 1.82) is 0 Å². The molecule has 736 valence electrons. The second-order valence-corrected chi connectivity index (χ2v) is 38.9. The van der Waals surface area contributed by atoms with Gasteiger partial charge in [0.2, 0.25) is 41.4 Å². The molecule has 15 amide bonds. The summed E-state index contributed by atoms with van der Waals surface area (Å²) < 4.78 is 48.9.